The molecule has 1 aliphatic carbocycles. The van der Waals surface area contributed by atoms with E-state index in [0.717, 1.165) is 48.2 Å². The van der Waals surface area contributed by atoms with Crippen LogP contribution in [-0.4, -0.2) is 15.5 Å². The molecule has 0 radical (unpaired) electrons. The van der Waals surface area contributed by atoms with Crippen LogP contribution in [0.15, 0.2) is 78.9 Å². The number of benzene rings is 3. The summed E-state index contributed by atoms with van der Waals surface area (Å²) in [5.41, 5.74) is 4.30. The summed E-state index contributed by atoms with van der Waals surface area (Å²) in [7, 11) is 0. The number of para-hydroxylation sites is 2. The third kappa shape index (κ3) is 3.54. The number of fused-ring (bicyclic) bond motifs is 1. The number of imidazole rings is 1. The molecule has 0 unspecified atom stereocenters. The number of hydrogen-bond acceptors (Lipinski definition) is 3. The Kier molecular flexibility index (Phi) is 4.60. The van der Waals surface area contributed by atoms with Gasteiger partial charge in [-0.1, -0.05) is 48.9 Å². The Labute approximate surface area is 169 Å². The number of ether oxygens (including phenoxy) is 1. The van der Waals surface area contributed by atoms with Gasteiger partial charge in [-0.15, -0.1) is 0 Å². The second kappa shape index (κ2) is 7.55. The van der Waals surface area contributed by atoms with E-state index < -0.39 is 0 Å². The molecule has 0 amide bonds. The summed E-state index contributed by atoms with van der Waals surface area (Å²) >= 11 is 0. The first-order valence-electron chi connectivity index (χ1n) is 10.1. The number of aromatic nitrogens is 2. The first-order chi connectivity index (χ1) is 14.3. The Morgan fingerprint density at radius 3 is 2.38 bits per heavy atom. The normalized spacial score (nSPS) is 13.9. The molecule has 0 saturated heterocycles. The number of carbonyl (C=O) groups is 1. The van der Waals surface area contributed by atoms with Crippen LogP contribution in [0, 0.1) is 5.92 Å². The summed E-state index contributed by atoms with van der Waals surface area (Å²) in [6.07, 6.45) is 3.01. The van der Waals surface area contributed by atoms with Crippen molar-refractivity contribution in [1.82, 2.24) is 9.55 Å². The van der Waals surface area contributed by atoms with E-state index in [1.54, 1.807) is 0 Å². The average molecular weight is 382 g/mol. The van der Waals surface area contributed by atoms with Crippen LogP contribution in [0.1, 0.15) is 24.8 Å². The molecular formula is C25H22N2O2. The molecule has 29 heavy (non-hydrogen) atoms. The molecule has 0 bridgehead atoms. The van der Waals surface area contributed by atoms with Crippen molar-refractivity contribution in [2.75, 3.05) is 0 Å². The minimum absolute atomic E-state index is 0.0738. The first kappa shape index (κ1) is 17.7. The van der Waals surface area contributed by atoms with Gasteiger partial charge in [0.05, 0.1) is 17.0 Å². The summed E-state index contributed by atoms with van der Waals surface area (Å²) in [6, 6.07) is 26.3. The maximum atomic E-state index is 12.1. The second-order valence-electron chi connectivity index (χ2n) is 7.57. The van der Waals surface area contributed by atoms with Gasteiger partial charge < -0.3 is 9.30 Å². The predicted molar refractivity (Wildman–Crippen MR) is 114 cm³/mol. The molecule has 0 N–H and O–H groups in total. The van der Waals surface area contributed by atoms with Gasteiger partial charge in [-0.3, -0.25) is 4.79 Å². The molecule has 0 spiro atoms. The Morgan fingerprint density at radius 2 is 1.66 bits per heavy atom. The molecule has 4 heteroatoms. The lowest BCUT2D eigenvalue weighted by atomic mass is 9.86. The molecule has 4 aromatic rings. The third-order valence-corrected chi connectivity index (χ3v) is 5.61. The highest BCUT2D eigenvalue weighted by Crippen LogP contribution is 2.30. The van der Waals surface area contributed by atoms with Gasteiger partial charge in [-0.2, -0.15) is 0 Å². The van der Waals surface area contributed by atoms with Gasteiger partial charge in [0.25, 0.3) is 0 Å². The number of rotatable bonds is 5. The van der Waals surface area contributed by atoms with E-state index >= 15 is 0 Å². The molecule has 1 aliphatic rings. The van der Waals surface area contributed by atoms with Crippen molar-refractivity contribution in [2.24, 2.45) is 5.92 Å². The van der Waals surface area contributed by atoms with Gasteiger partial charge in [-0.25, -0.2) is 4.98 Å². The summed E-state index contributed by atoms with van der Waals surface area (Å²) < 4.78 is 7.76. The van der Waals surface area contributed by atoms with E-state index in [1.807, 2.05) is 48.5 Å². The lowest BCUT2D eigenvalue weighted by molar-refractivity contribution is -0.141. The van der Waals surface area contributed by atoms with E-state index in [2.05, 4.69) is 34.9 Å². The monoisotopic (exact) mass is 382 g/mol. The SMILES string of the molecule is O=C(Oc1ccc(-c2nc3ccccc3n2Cc2ccccc2)cc1)C1CCC1. The lowest BCUT2D eigenvalue weighted by Gasteiger charge is -2.22. The van der Waals surface area contributed by atoms with Crippen molar-refractivity contribution in [2.45, 2.75) is 25.8 Å². The van der Waals surface area contributed by atoms with Crippen LogP contribution in [0.2, 0.25) is 0 Å². The van der Waals surface area contributed by atoms with Crippen molar-refractivity contribution < 1.29 is 9.53 Å². The van der Waals surface area contributed by atoms with Crippen molar-refractivity contribution >= 4 is 17.0 Å². The zero-order valence-electron chi connectivity index (χ0n) is 16.1. The van der Waals surface area contributed by atoms with Crippen LogP contribution in [0.3, 0.4) is 0 Å². The van der Waals surface area contributed by atoms with Crippen LogP contribution in [0.5, 0.6) is 5.75 Å². The molecular weight excluding hydrogens is 360 g/mol. The second-order valence-corrected chi connectivity index (χ2v) is 7.57. The predicted octanol–water partition coefficient (Wildman–Crippen LogP) is 5.46. The first-order valence-corrected chi connectivity index (χ1v) is 10.1. The highest BCUT2D eigenvalue weighted by Gasteiger charge is 2.27. The number of carbonyl (C=O) groups excluding carboxylic acids is 1. The standard InChI is InChI=1S/C25H22N2O2/c28-25(20-9-6-10-20)29-21-15-13-19(14-16-21)24-26-22-11-4-5-12-23(22)27(24)17-18-7-2-1-3-8-18/h1-5,7-8,11-16,20H,6,9-10,17H2. The highest BCUT2D eigenvalue weighted by atomic mass is 16.5. The molecule has 0 atom stereocenters. The van der Waals surface area contributed by atoms with Crippen LogP contribution in [-0.2, 0) is 11.3 Å². The van der Waals surface area contributed by atoms with Crippen LogP contribution in [0.25, 0.3) is 22.4 Å². The number of nitrogens with zero attached hydrogens (tertiary/aromatic N) is 2. The molecule has 5 rings (SSSR count). The zero-order valence-corrected chi connectivity index (χ0v) is 16.1. The summed E-state index contributed by atoms with van der Waals surface area (Å²) in [6.45, 7) is 0.745. The van der Waals surface area contributed by atoms with Crippen molar-refractivity contribution in [3.05, 3.63) is 84.4 Å². The van der Waals surface area contributed by atoms with Gasteiger partial charge >= 0.3 is 5.97 Å². The summed E-state index contributed by atoms with van der Waals surface area (Å²) in [4.78, 5) is 17.0. The number of esters is 1. The van der Waals surface area contributed by atoms with Gasteiger partial charge in [0, 0.05) is 12.1 Å². The number of hydrogen-bond donors (Lipinski definition) is 0. The minimum atomic E-state index is -0.111. The highest BCUT2D eigenvalue weighted by molar-refractivity contribution is 5.81. The fourth-order valence-corrected chi connectivity index (χ4v) is 3.74. The molecule has 3 aromatic carbocycles. The molecule has 1 heterocycles. The van der Waals surface area contributed by atoms with Gasteiger partial charge in [0.1, 0.15) is 11.6 Å². The van der Waals surface area contributed by atoms with Crippen LogP contribution in [0.4, 0.5) is 0 Å². The zero-order chi connectivity index (χ0) is 19.6. The molecule has 1 fully saturated rings. The lowest BCUT2D eigenvalue weighted by Crippen LogP contribution is -2.26. The Morgan fingerprint density at radius 1 is 0.931 bits per heavy atom. The summed E-state index contributed by atoms with van der Waals surface area (Å²) in [5.74, 6) is 1.47. The maximum Gasteiger partial charge on any atom is 0.314 e. The Bertz CT molecular complexity index is 1140. The fraction of sp³-hybridized carbons (Fsp3) is 0.200. The van der Waals surface area contributed by atoms with Gasteiger partial charge in [-0.05, 0) is 54.8 Å². The smallest absolute Gasteiger partial charge is 0.314 e. The quantitative estimate of drug-likeness (QED) is 0.340. The van der Waals surface area contributed by atoms with Crippen molar-refractivity contribution in [3.63, 3.8) is 0 Å². The maximum absolute atomic E-state index is 12.1. The van der Waals surface area contributed by atoms with Crippen molar-refractivity contribution in [1.29, 1.82) is 0 Å². The van der Waals surface area contributed by atoms with E-state index in [-0.39, 0.29) is 11.9 Å². The van der Waals surface area contributed by atoms with Crippen LogP contribution < -0.4 is 4.74 Å². The largest absolute Gasteiger partial charge is 0.426 e. The Balaban J connectivity index is 1.47. The average Bonchev–Trinajstić information content (AvgIpc) is 3.06. The minimum Gasteiger partial charge on any atom is -0.426 e. The topological polar surface area (TPSA) is 44.1 Å². The van der Waals surface area contributed by atoms with E-state index in [1.165, 1.54) is 5.56 Å². The van der Waals surface area contributed by atoms with E-state index in [9.17, 15) is 4.79 Å². The third-order valence-electron chi connectivity index (χ3n) is 5.61. The Hall–Kier alpha value is -3.40. The van der Waals surface area contributed by atoms with E-state index in [4.69, 9.17) is 9.72 Å². The fourth-order valence-electron chi connectivity index (χ4n) is 3.74. The summed E-state index contributed by atoms with van der Waals surface area (Å²) in [5, 5.41) is 0. The van der Waals surface area contributed by atoms with Gasteiger partial charge in [0.15, 0.2) is 0 Å². The molecule has 4 nitrogen and oxygen atoms in total. The van der Waals surface area contributed by atoms with Crippen LogP contribution >= 0.6 is 0 Å². The molecule has 144 valence electrons. The molecule has 1 saturated carbocycles. The molecule has 1 aromatic heterocycles. The van der Waals surface area contributed by atoms with Crippen molar-refractivity contribution in [3.8, 4) is 17.1 Å². The molecule has 0 aliphatic heterocycles. The van der Waals surface area contributed by atoms with Gasteiger partial charge in [0.2, 0.25) is 0 Å². The van der Waals surface area contributed by atoms with E-state index in [0.29, 0.717) is 5.75 Å².